The van der Waals surface area contributed by atoms with Crippen molar-refractivity contribution in [3.63, 3.8) is 0 Å². The van der Waals surface area contributed by atoms with Crippen molar-refractivity contribution < 1.29 is 14.3 Å². The Balaban J connectivity index is 1.65. The summed E-state index contributed by atoms with van der Waals surface area (Å²) in [6.07, 6.45) is -0.113. The number of halogens is 2. The lowest BCUT2D eigenvalue weighted by Gasteiger charge is -2.41. The van der Waals surface area contributed by atoms with Crippen LogP contribution in [0.4, 0.5) is 0 Å². The summed E-state index contributed by atoms with van der Waals surface area (Å²) in [6, 6.07) is 21.1. The van der Waals surface area contributed by atoms with Crippen LogP contribution >= 0.6 is 23.2 Å². The summed E-state index contributed by atoms with van der Waals surface area (Å²) in [4.78, 5) is 19.3. The number of benzene rings is 3. The van der Waals surface area contributed by atoms with Crippen LogP contribution in [-0.2, 0) is 10.5 Å². The van der Waals surface area contributed by atoms with Gasteiger partial charge in [0.1, 0.15) is 11.5 Å². The number of ether oxygens (including phenoxy) is 2. The van der Waals surface area contributed by atoms with Crippen LogP contribution in [0.25, 0.3) is 0 Å². The summed E-state index contributed by atoms with van der Waals surface area (Å²) < 4.78 is 11.9. The van der Waals surface area contributed by atoms with Gasteiger partial charge in [0.15, 0.2) is 5.66 Å². The Bertz CT molecular complexity index is 1320. The molecule has 3 aromatic carbocycles. The molecular weight excluding hydrogens is 571 g/mol. The van der Waals surface area contributed by atoms with E-state index < -0.39 is 5.66 Å². The third kappa shape index (κ3) is 6.26. The molecule has 2 unspecified atom stereocenters. The van der Waals surface area contributed by atoms with Gasteiger partial charge < -0.3 is 14.4 Å². The molecule has 0 spiro atoms. The number of hydrogen-bond donors (Lipinski definition) is 2. The second-order valence-corrected chi connectivity index (χ2v) is 12.4. The Kier molecular flexibility index (Phi) is 9.35. The van der Waals surface area contributed by atoms with E-state index in [1.165, 1.54) is 0 Å². The molecule has 7 nitrogen and oxygen atoms in total. The molecule has 2 heterocycles. The van der Waals surface area contributed by atoms with E-state index >= 15 is 0 Å². The summed E-state index contributed by atoms with van der Waals surface area (Å²) >= 11 is 12.6. The summed E-state index contributed by atoms with van der Waals surface area (Å²) in [5, 5.41) is 8.89. The molecular formula is C33H40Cl2N4O3. The van der Waals surface area contributed by atoms with Crippen molar-refractivity contribution in [2.45, 2.75) is 57.6 Å². The molecule has 0 saturated carbocycles. The van der Waals surface area contributed by atoms with Gasteiger partial charge in [-0.05, 0) is 75.2 Å². The Morgan fingerprint density at radius 1 is 0.833 bits per heavy atom. The highest BCUT2D eigenvalue weighted by molar-refractivity contribution is 6.30. The summed E-state index contributed by atoms with van der Waals surface area (Å²) in [6.45, 7) is 11.2. The molecule has 2 atom stereocenters. The molecule has 2 saturated heterocycles. The van der Waals surface area contributed by atoms with Gasteiger partial charge in [0.25, 0.3) is 5.91 Å². The predicted octanol–water partition coefficient (Wildman–Crippen LogP) is 6.17. The van der Waals surface area contributed by atoms with E-state index in [2.05, 4.69) is 29.4 Å². The van der Waals surface area contributed by atoms with Crippen LogP contribution in [0.15, 0.2) is 66.7 Å². The highest BCUT2D eigenvalue weighted by Crippen LogP contribution is 2.45. The maximum atomic E-state index is 14.9. The van der Waals surface area contributed by atoms with Gasteiger partial charge in [-0.15, -0.1) is 0 Å². The third-order valence-electron chi connectivity index (χ3n) is 8.14. The topological polar surface area (TPSA) is 66.1 Å². The lowest BCUT2D eigenvalue weighted by atomic mass is 9.95. The molecule has 9 heteroatoms. The lowest BCUT2D eigenvalue weighted by molar-refractivity contribution is -0.141. The molecule has 2 aliphatic rings. The fraction of sp³-hybridized carbons (Fsp3) is 0.424. The number of methoxy groups -OCH3 is 1. The molecule has 3 aromatic rings. The molecule has 2 aliphatic heterocycles. The number of nitrogens with one attached hydrogen (secondary N) is 2. The minimum atomic E-state index is -1.29. The van der Waals surface area contributed by atoms with Gasteiger partial charge >= 0.3 is 0 Å². The highest BCUT2D eigenvalue weighted by atomic mass is 35.5. The van der Waals surface area contributed by atoms with Gasteiger partial charge in [-0.3, -0.25) is 20.3 Å². The third-order valence-corrected chi connectivity index (χ3v) is 8.65. The normalized spacial score (nSPS) is 23.0. The van der Waals surface area contributed by atoms with E-state index in [1.807, 2.05) is 85.5 Å². The molecule has 0 aliphatic carbocycles. The Labute approximate surface area is 259 Å². The zero-order valence-electron chi connectivity index (χ0n) is 24.9. The smallest absolute Gasteiger partial charge is 0.262 e. The molecule has 0 aromatic heterocycles. The van der Waals surface area contributed by atoms with E-state index in [0.717, 1.165) is 24.2 Å². The quantitative estimate of drug-likeness (QED) is 0.318. The van der Waals surface area contributed by atoms with Gasteiger partial charge in [-0.2, -0.15) is 0 Å². The second kappa shape index (κ2) is 12.8. The maximum Gasteiger partial charge on any atom is 0.262 e. The average Bonchev–Trinajstić information content (AvgIpc) is 3.39. The number of piperazine rings is 1. The van der Waals surface area contributed by atoms with E-state index in [-0.39, 0.29) is 24.1 Å². The van der Waals surface area contributed by atoms with Crippen LogP contribution < -0.4 is 20.1 Å². The standard InChI is InChI=1S/C33H40Cl2N4O3/c1-21(2)38-16-18-39(19-17-38)32(40)33(28-15-14-27(41-5)20-29(28)42-22(3)4)36-30(23-6-10-25(34)11-7-23)31(37-33)24-8-12-26(35)13-9-24/h6-15,20-22,30-31,36-37H,16-19H2,1-5H3. The van der Waals surface area contributed by atoms with Crippen molar-refractivity contribution in [3.8, 4) is 11.5 Å². The fourth-order valence-electron chi connectivity index (χ4n) is 5.93. The van der Waals surface area contributed by atoms with Gasteiger partial charge in [-0.25, -0.2) is 0 Å². The summed E-state index contributed by atoms with van der Waals surface area (Å²) in [7, 11) is 1.63. The fourth-order valence-corrected chi connectivity index (χ4v) is 6.18. The van der Waals surface area contributed by atoms with Crippen LogP contribution in [0, 0.1) is 0 Å². The first-order chi connectivity index (χ1) is 20.1. The minimum absolute atomic E-state index is 0.0416. The molecule has 1 amide bonds. The first-order valence-electron chi connectivity index (χ1n) is 14.6. The van der Waals surface area contributed by atoms with E-state index in [4.69, 9.17) is 32.7 Å². The van der Waals surface area contributed by atoms with Crippen molar-refractivity contribution in [1.29, 1.82) is 0 Å². The van der Waals surface area contributed by atoms with Gasteiger partial charge in [-0.1, -0.05) is 47.5 Å². The Morgan fingerprint density at radius 2 is 1.36 bits per heavy atom. The number of rotatable bonds is 8. The average molecular weight is 612 g/mol. The van der Waals surface area contributed by atoms with Gasteiger partial charge in [0, 0.05) is 53.9 Å². The van der Waals surface area contributed by atoms with Crippen LogP contribution in [0.3, 0.4) is 0 Å². The van der Waals surface area contributed by atoms with Crippen LogP contribution in [0.1, 0.15) is 56.5 Å². The first kappa shape index (κ1) is 30.6. The van der Waals surface area contributed by atoms with E-state index in [1.54, 1.807) is 7.11 Å². The van der Waals surface area contributed by atoms with Crippen LogP contribution in [0.2, 0.25) is 10.0 Å². The number of hydrogen-bond acceptors (Lipinski definition) is 6. The van der Waals surface area contributed by atoms with Crippen molar-refractivity contribution in [2.75, 3.05) is 33.3 Å². The Morgan fingerprint density at radius 3 is 1.81 bits per heavy atom. The number of nitrogens with zero attached hydrogens (tertiary/aromatic N) is 2. The molecule has 5 rings (SSSR count). The van der Waals surface area contributed by atoms with Gasteiger partial charge in [0.05, 0.1) is 25.3 Å². The van der Waals surface area contributed by atoms with Crippen molar-refractivity contribution in [3.05, 3.63) is 93.5 Å². The van der Waals surface area contributed by atoms with Crippen LogP contribution in [0.5, 0.6) is 11.5 Å². The van der Waals surface area contributed by atoms with Crippen molar-refractivity contribution in [2.24, 2.45) is 0 Å². The number of carbonyl (C=O) groups excluding carboxylic acids is 1. The molecule has 224 valence electrons. The Hall–Kier alpha value is -2.81. The molecule has 0 radical (unpaired) electrons. The zero-order chi connectivity index (χ0) is 30.0. The summed E-state index contributed by atoms with van der Waals surface area (Å²) in [5.41, 5.74) is 1.44. The van der Waals surface area contributed by atoms with Crippen molar-refractivity contribution >= 4 is 29.1 Å². The molecule has 2 fully saturated rings. The molecule has 2 N–H and O–H groups in total. The van der Waals surface area contributed by atoms with E-state index in [0.29, 0.717) is 46.2 Å². The summed E-state index contributed by atoms with van der Waals surface area (Å²) in [5.74, 6) is 1.20. The maximum absolute atomic E-state index is 14.9. The SMILES string of the molecule is COc1ccc(C2(C(=O)N3CCN(C(C)C)CC3)NC(c3ccc(Cl)cc3)C(c3ccc(Cl)cc3)N2)c(OC(C)C)c1. The number of carbonyl (C=O) groups is 1. The molecule has 42 heavy (non-hydrogen) atoms. The predicted molar refractivity (Wildman–Crippen MR) is 168 cm³/mol. The van der Waals surface area contributed by atoms with Crippen LogP contribution in [-0.4, -0.2) is 61.1 Å². The largest absolute Gasteiger partial charge is 0.497 e. The number of amides is 1. The van der Waals surface area contributed by atoms with Crippen molar-refractivity contribution in [1.82, 2.24) is 20.4 Å². The second-order valence-electron chi connectivity index (χ2n) is 11.5. The minimum Gasteiger partial charge on any atom is -0.497 e. The highest BCUT2D eigenvalue weighted by Gasteiger charge is 2.54. The lowest BCUT2D eigenvalue weighted by Crippen LogP contribution is -2.62. The van der Waals surface area contributed by atoms with E-state index in [9.17, 15) is 4.79 Å². The zero-order valence-corrected chi connectivity index (χ0v) is 26.4. The van der Waals surface area contributed by atoms with Gasteiger partial charge in [0.2, 0.25) is 0 Å². The monoisotopic (exact) mass is 610 g/mol. The first-order valence-corrected chi connectivity index (χ1v) is 15.3. The molecule has 0 bridgehead atoms.